The third-order valence-corrected chi connectivity index (χ3v) is 4.48. The lowest BCUT2D eigenvalue weighted by atomic mass is 10.1. The van der Waals surface area contributed by atoms with Crippen LogP contribution in [0.4, 0.5) is 8.78 Å². The van der Waals surface area contributed by atoms with Crippen molar-refractivity contribution in [2.45, 2.75) is 56.9 Å². The molecule has 0 spiro atoms. The Bertz CT molecular complexity index is 643. The second-order valence-electron chi connectivity index (χ2n) is 5.86. The van der Waals surface area contributed by atoms with Crippen LogP contribution < -0.4 is 0 Å². The van der Waals surface area contributed by atoms with Crippen LogP contribution in [0.25, 0.3) is 11.0 Å². The molecule has 0 saturated heterocycles. The van der Waals surface area contributed by atoms with E-state index >= 15 is 0 Å². The van der Waals surface area contributed by atoms with Gasteiger partial charge in [-0.1, -0.05) is 25.7 Å². The average Bonchev–Trinajstić information content (AvgIpc) is 2.62. The molecule has 2 aromatic rings. The largest absolute Gasteiger partial charge is 0.323 e. The van der Waals surface area contributed by atoms with Crippen LogP contribution in [0.3, 0.4) is 0 Å². The van der Waals surface area contributed by atoms with E-state index in [1.54, 1.807) is 0 Å². The molecular weight excluding hydrogens is 294 g/mol. The van der Waals surface area contributed by atoms with Crippen molar-refractivity contribution in [3.8, 4) is 0 Å². The Kier molecular flexibility index (Phi) is 4.16. The highest BCUT2D eigenvalue weighted by molar-refractivity contribution is 6.20. The molecule has 0 N–H and O–H groups in total. The van der Waals surface area contributed by atoms with Gasteiger partial charge in [-0.3, -0.25) is 0 Å². The van der Waals surface area contributed by atoms with Crippen LogP contribution in [0.1, 0.15) is 62.7 Å². The van der Waals surface area contributed by atoms with Crippen LogP contribution in [-0.4, -0.2) is 9.55 Å². The highest BCUT2D eigenvalue weighted by atomic mass is 35.5. The van der Waals surface area contributed by atoms with Gasteiger partial charge in [0.25, 0.3) is 0 Å². The van der Waals surface area contributed by atoms with Gasteiger partial charge in [0, 0.05) is 12.1 Å². The summed E-state index contributed by atoms with van der Waals surface area (Å²) in [4.78, 5) is 4.35. The molecule has 1 heterocycles. The second-order valence-corrected chi connectivity index (χ2v) is 6.51. The molecule has 21 heavy (non-hydrogen) atoms. The normalized spacial score (nSPS) is 18.9. The van der Waals surface area contributed by atoms with Crippen LogP contribution in [-0.2, 0) is 0 Å². The lowest BCUT2D eigenvalue weighted by Gasteiger charge is -2.21. The Morgan fingerprint density at radius 2 is 1.86 bits per heavy atom. The van der Waals surface area contributed by atoms with E-state index < -0.39 is 11.6 Å². The fourth-order valence-corrected chi connectivity index (χ4v) is 3.47. The minimum Gasteiger partial charge on any atom is -0.323 e. The number of halogens is 3. The van der Waals surface area contributed by atoms with Gasteiger partial charge in [0.1, 0.15) is 17.2 Å². The molecule has 0 radical (unpaired) electrons. The summed E-state index contributed by atoms with van der Waals surface area (Å²) in [6.45, 7) is 1.82. The van der Waals surface area contributed by atoms with Gasteiger partial charge in [-0.25, -0.2) is 13.8 Å². The van der Waals surface area contributed by atoms with E-state index in [2.05, 4.69) is 4.98 Å². The molecule has 1 fully saturated rings. The number of alkyl halides is 1. The van der Waals surface area contributed by atoms with Crippen LogP contribution in [0, 0.1) is 11.6 Å². The van der Waals surface area contributed by atoms with Crippen molar-refractivity contribution in [3.63, 3.8) is 0 Å². The summed E-state index contributed by atoms with van der Waals surface area (Å²) in [6, 6.07) is 2.49. The standard InChI is InChI=1S/C16H19ClF2N2/c1-10(17)16-20-15-13(19)8-11(18)9-14(15)21(16)12-6-4-2-3-5-7-12/h8-10,12H,2-7H2,1H3. The lowest BCUT2D eigenvalue weighted by molar-refractivity contribution is 0.439. The Labute approximate surface area is 128 Å². The molecule has 1 aliphatic carbocycles. The first-order valence-corrected chi connectivity index (χ1v) is 8.02. The van der Waals surface area contributed by atoms with Gasteiger partial charge in [0.15, 0.2) is 5.82 Å². The maximum Gasteiger partial charge on any atom is 0.153 e. The van der Waals surface area contributed by atoms with Gasteiger partial charge in [-0.15, -0.1) is 11.6 Å². The minimum atomic E-state index is -0.615. The smallest absolute Gasteiger partial charge is 0.153 e. The van der Waals surface area contributed by atoms with Crippen molar-refractivity contribution in [1.82, 2.24) is 9.55 Å². The number of fused-ring (bicyclic) bond motifs is 1. The van der Waals surface area contributed by atoms with Gasteiger partial charge >= 0.3 is 0 Å². The number of imidazole rings is 1. The van der Waals surface area contributed by atoms with Crippen LogP contribution in [0.2, 0.25) is 0 Å². The third-order valence-electron chi connectivity index (χ3n) is 4.29. The zero-order valence-corrected chi connectivity index (χ0v) is 12.8. The van der Waals surface area contributed by atoms with E-state index in [0.717, 1.165) is 31.7 Å². The summed E-state index contributed by atoms with van der Waals surface area (Å²) in [5.41, 5.74) is 0.755. The second kappa shape index (κ2) is 5.91. The van der Waals surface area contributed by atoms with Crippen LogP contribution >= 0.6 is 11.6 Å². The molecule has 0 amide bonds. The monoisotopic (exact) mass is 312 g/mol. The predicted molar refractivity (Wildman–Crippen MR) is 80.7 cm³/mol. The topological polar surface area (TPSA) is 17.8 Å². The number of nitrogens with zero attached hydrogens (tertiary/aromatic N) is 2. The summed E-state index contributed by atoms with van der Waals surface area (Å²) in [5.74, 6) is -0.539. The summed E-state index contributed by atoms with van der Waals surface area (Å²) < 4.78 is 29.6. The van der Waals surface area contributed by atoms with Gasteiger partial charge in [0.05, 0.1) is 10.9 Å². The molecule has 1 aliphatic rings. The summed E-state index contributed by atoms with van der Waals surface area (Å²) in [6.07, 6.45) is 6.74. The Hall–Kier alpha value is -1.16. The van der Waals surface area contributed by atoms with Crippen molar-refractivity contribution in [3.05, 3.63) is 29.6 Å². The molecule has 1 saturated carbocycles. The van der Waals surface area contributed by atoms with Crippen molar-refractivity contribution < 1.29 is 8.78 Å². The van der Waals surface area contributed by atoms with E-state index in [4.69, 9.17) is 11.6 Å². The number of aromatic nitrogens is 2. The first-order chi connectivity index (χ1) is 10.1. The quantitative estimate of drug-likeness (QED) is 0.528. The van der Waals surface area contributed by atoms with E-state index in [1.165, 1.54) is 18.9 Å². The molecule has 114 valence electrons. The first-order valence-electron chi connectivity index (χ1n) is 7.59. The average molecular weight is 313 g/mol. The number of hydrogen-bond donors (Lipinski definition) is 0. The van der Waals surface area contributed by atoms with Gasteiger partial charge in [-0.05, 0) is 25.8 Å². The molecule has 0 aliphatic heterocycles. The predicted octanol–water partition coefficient (Wildman–Crippen LogP) is 5.51. The molecule has 0 bridgehead atoms. The molecular formula is C16H19ClF2N2. The van der Waals surface area contributed by atoms with E-state index in [-0.39, 0.29) is 16.9 Å². The summed E-state index contributed by atoms with van der Waals surface area (Å²) in [7, 11) is 0. The fraction of sp³-hybridized carbons (Fsp3) is 0.562. The van der Waals surface area contributed by atoms with Crippen molar-refractivity contribution in [2.75, 3.05) is 0 Å². The molecule has 1 atom stereocenters. The fourth-order valence-electron chi connectivity index (χ4n) is 3.32. The number of rotatable bonds is 2. The van der Waals surface area contributed by atoms with Crippen LogP contribution in [0.5, 0.6) is 0 Å². The van der Waals surface area contributed by atoms with Crippen LogP contribution in [0.15, 0.2) is 12.1 Å². The summed E-state index contributed by atoms with van der Waals surface area (Å²) >= 11 is 6.23. The zero-order valence-electron chi connectivity index (χ0n) is 12.1. The zero-order chi connectivity index (χ0) is 15.0. The SMILES string of the molecule is CC(Cl)c1nc2c(F)cc(F)cc2n1C1CCCCCC1. The molecule has 3 rings (SSSR count). The van der Waals surface area contributed by atoms with Crippen molar-refractivity contribution >= 4 is 22.6 Å². The molecule has 1 aromatic heterocycles. The highest BCUT2D eigenvalue weighted by Crippen LogP contribution is 2.35. The molecule has 5 heteroatoms. The maximum absolute atomic E-state index is 14.0. The molecule has 2 nitrogen and oxygen atoms in total. The van der Waals surface area contributed by atoms with E-state index in [0.29, 0.717) is 11.3 Å². The Balaban J connectivity index is 2.19. The maximum atomic E-state index is 14.0. The minimum absolute atomic E-state index is 0.225. The van der Waals surface area contributed by atoms with E-state index in [1.807, 2.05) is 11.5 Å². The van der Waals surface area contributed by atoms with Gasteiger partial charge in [-0.2, -0.15) is 0 Å². The highest BCUT2D eigenvalue weighted by Gasteiger charge is 2.24. The molecule has 1 aromatic carbocycles. The van der Waals surface area contributed by atoms with Crippen molar-refractivity contribution in [2.24, 2.45) is 0 Å². The Morgan fingerprint density at radius 1 is 1.19 bits per heavy atom. The van der Waals surface area contributed by atoms with Gasteiger partial charge < -0.3 is 4.57 Å². The molecule has 1 unspecified atom stereocenters. The van der Waals surface area contributed by atoms with Crippen molar-refractivity contribution in [1.29, 1.82) is 0 Å². The van der Waals surface area contributed by atoms with E-state index in [9.17, 15) is 8.78 Å². The summed E-state index contributed by atoms with van der Waals surface area (Å²) in [5, 5.41) is -0.330. The first kappa shape index (κ1) is 14.8. The third kappa shape index (κ3) is 2.78. The number of benzene rings is 1. The Morgan fingerprint density at radius 3 is 2.48 bits per heavy atom. The van der Waals surface area contributed by atoms with Gasteiger partial charge in [0.2, 0.25) is 0 Å². The lowest BCUT2D eigenvalue weighted by Crippen LogP contribution is -2.12. The number of hydrogen-bond acceptors (Lipinski definition) is 1.